The van der Waals surface area contributed by atoms with Gasteiger partial charge in [-0.05, 0) is 41.3 Å². The summed E-state index contributed by atoms with van der Waals surface area (Å²) in [5.74, 6) is 1.34. The van der Waals surface area contributed by atoms with Gasteiger partial charge in [0.1, 0.15) is 0 Å². The fourth-order valence-electron chi connectivity index (χ4n) is 1.99. The zero-order chi connectivity index (χ0) is 14.8. The van der Waals surface area contributed by atoms with Crippen molar-refractivity contribution in [1.82, 2.24) is 20.2 Å². The predicted octanol–water partition coefficient (Wildman–Crippen LogP) is 2.66. The van der Waals surface area contributed by atoms with E-state index in [1.165, 1.54) is 12.8 Å². The number of nitrogen functional groups attached to an aromatic ring is 1. The molecule has 1 aromatic carbocycles. The zero-order valence-electron chi connectivity index (χ0n) is 11.3. The molecule has 3 rings (SSSR count). The summed E-state index contributed by atoms with van der Waals surface area (Å²) in [6, 6.07) is 3.41. The lowest BCUT2D eigenvalue weighted by Crippen LogP contribution is -2.10. The van der Waals surface area contributed by atoms with Crippen molar-refractivity contribution in [1.29, 1.82) is 0 Å². The van der Waals surface area contributed by atoms with Crippen LogP contribution in [0, 0.1) is 5.92 Å². The van der Waals surface area contributed by atoms with Gasteiger partial charge in [0.05, 0.1) is 28.9 Å². The zero-order valence-corrected chi connectivity index (χ0v) is 12.8. The van der Waals surface area contributed by atoms with E-state index in [0.29, 0.717) is 34.7 Å². The van der Waals surface area contributed by atoms with Gasteiger partial charge in [0.2, 0.25) is 0 Å². The molecular formula is C13H15Cl2N5O. The number of benzene rings is 1. The van der Waals surface area contributed by atoms with Crippen molar-refractivity contribution < 1.29 is 4.74 Å². The number of rotatable bonds is 6. The molecule has 21 heavy (non-hydrogen) atoms. The minimum Gasteiger partial charge on any atom is -0.397 e. The van der Waals surface area contributed by atoms with Crippen LogP contribution in [0.2, 0.25) is 10.0 Å². The number of halogens is 2. The van der Waals surface area contributed by atoms with Crippen LogP contribution in [0.1, 0.15) is 12.8 Å². The van der Waals surface area contributed by atoms with Gasteiger partial charge in [-0.25, -0.2) is 4.68 Å². The Morgan fingerprint density at radius 2 is 2.14 bits per heavy atom. The van der Waals surface area contributed by atoms with Crippen LogP contribution in [0.15, 0.2) is 12.1 Å². The Morgan fingerprint density at radius 1 is 1.33 bits per heavy atom. The Kier molecular flexibility index (Phi) is 4.28. The first kappa shape index (κ1) is 14.6. The van der Waals surface area contributed by atoms with Crippen molar-refractivity contribution in [2.45, 2.75) is 19.4 Å². The van der Waals surface area contributed by atoms with Crippen LogP contribution in [-0.2, 0) is 11.3 Å². The highest BCUT2D eigenvalue weighted by Crippen LogP contribution is 2.33. The van der Waals surface area contributed by atoms with E-state index in [9.17, 15) is 0 Å². The van der Waals surface area contributed by atoms with E-state index in [-0.39, 0.29) is 0 Å². The molecule has 1 aliphatic rings. The van der Waals surface area contributed by atoms with Crippen LogP contribution in [0.25, 0.3) is 11.4 Å². The van der Waals surface area contributed by atoms with E-state index >= 15 is 0 Å². The Morgan fingerprint density at radius 3 is 2.86 bits per heavy atom. The van der Waals surface area contributed by atoms with Gasteiger partial charge >= 0.3 is 0 Å². The number of hydrogen-bond acceptors (Lipinski definition) is 5. The molecule has 1 saturated carbocycles. The molecule has 1 fully saturated rings. The molecule has 0 amide bonds. The third-order valence-corrected chi connectivity index (χ3v) is 4.16. The molecule has 0 spiro atoms. The molecule has 1 aliphatic carbocycles. The lowest BCUT2D eigenvalue weighted by molar-refractivity contribution is 0.114. The second-order valence-electron chi connectivity index (χ2n) is 5.11. The summed E-state index contributed by atoms with van der Waals surface area (Å²) < 4.78 is 7.27. The molecule has 0 radical (unpaired) electrons. The monoisotopic (exact) mass is 327 g/mol. The smallest absolute Gasteiger partial charge is 0.182 e. The van der Waals surface area contributed by atoms with Crippen LogP contribution in [0.5, 0.6) is 0 Å². The molecule has 1 heterocycles. The van der Waals surface area contributed by atoms with Crippen LogP contribution < -0.4 is 5.73 Å². The molecule has 2 N–H and O–H groups in total. The summed E-state index contributed by atoms with van der Waals surface area (Å²) in [6.45, 7) is 1.97. The first-order valence-corrected chi connectivity index (χ1v) is 7.49. The van der Waals surface area contributed by atoms with Crippen molar-refractivity contribution in [2.75, 3.05) is 18.9 Å². The van der Waals surface area contributed by atoms with Gasteiger partial charge in [-0.3, -0.25) is 0 Å². The molecule has 8 heteroatoms. The van der Waals surface area contributed by atoms with Crippen LogP contribution >= 0.6 is 23.2 Å². The number of tetrazole rings is 1. The molecule has 2 aromatic rings. The Bertz CT molecular complexity index is 618. The van der Waals surface area contributed by atoms with E-state index in [1.54, 1.807) is 16.8 Å². The number of anilines is 1. The predicted molar refractivity (Wildman–Crippen MR) is 81.2 cm³/mol. The SMILES string of the molecule is Nc1cc(-c2nnnn2CCOCC2CC2)cc(Cl)c1Cl. The largest absolute Gasteiger partial charge is 0.397 e. The maximum Gasteiger partial charge on any atom is 0.182 e. The maximum atomic E-state index is 6.04. The number of aromatic nitrogens is 4. The van der Waals surface area contributed by atoms with Gasteiger partial charge in [0, 0.05) is 12.2 Å². The summed E-state index contributed by atoms with van der Waals surface area (Å²) in [5, 5.41) is 12.4. The Labute approximate surface area is 132 Å². The third kappa shape index (κ3) is 3.45. The minimum absolute atomic E-state index is 0.340. The third-order valence-electron chi connectivity index (χ3n) is 3.34. The molecule has 6 nitrogen and oxygen atoms in total. The molecule has 0 atom stereocenters. The van der Waals surface area contributed by atoms with E-state index in [0.717, 1.165) is 18.1 Å². The Hall–Kier alpha value is -1.37. The topological polar surface area (TPSA) is 78.9 Å². The second kappa shape index (κ2) is 6.17. The van der Waals surface area contributed by atoms with E-state index in [4.69, 9.17) is 33.7 Å². The van der Waals surface area contributed by atoms with E-state index < -0.39 is 0 Å². The standard InChI is InChI=1S/C13H15Cl2N5O/c14-10-5-9(6-11(16)12(10)15)13-17-18-19-20(13)3-4-21-7-8-1-2-8/h5-6,8H,1-4,7,16H2. The highest BCUT2D eigenvalue weighted by atomic mass is 35.5. The van der Waals surface area contributed by atoms with Crippen molar-refractivity contribution in [3.63, 3.8) is 0 Å². The number of hydrogen-bond donors (Lipinski definition) is 1. The van der Waals surface area contributed by atoms with Crippen LogP contribution in [0.3, 0.4) is 0 Å². The fraction of sp³-hybridized carbons (Fsp3) is 0.462. The molecule has 1 aromatic heterocycles. The molecule has 0 unspecified atom stereocenters. The summed E-state index contributed by atoms with van der Waals surface area (Å²) in [7, 11) is 0. The lowest BCUT2D eigenvalue weighted by atomic mass is 10.2. The molecular weight excluding hydrogens is 313 g/mol. The van der Waals surface area contributed by atoms with Crippen molar-refractivity contribution >= 4 is 28.9 Å². The normalized spacial score (nSPS) is 14.6. The minimum atomic E-state index is 0.340. The average molecular weight is 328 g/mol. The highest BCUT2D eigenvalue weighted by Gasteiger charge is 2.21. The van der Waals surface area contributed by atoms with Crippen molar-refractivity contribution in [2.24, 2.45) is 5.92 Å². The molecule has 0 saturated heterocycles. The quantitative estimate of drug-likeness (QED) is 0.651. The van der Waals surface area contributed by atoms with Gasteiger partial charge in [0.15, 0.2) is 5.82 Å². The Balaban J connectivity index is 1.71. The second-order valence-corrected chi connectivity index (χ2v) is 5.89. The van der Waals surface area contributed by atoms with Gasteiger partial charge in [-0.1, -0.05) is 23.2 Å². The van der Waals surface area contributed by atoms with Crippen molar-refractivity contribution in [3.05, 3.63) is 22.2 Å². The number of nitrogens with two attached hydrogens (primary N) is 1. The lowest BCUT2D eigenvalue weighted by Gasteiger charge is -2.08. The van der Waals surface area contributed by atoms with Gasteiger partial charge in [0.25, 0.3) is 0 Å². The summed E-state index contributed by atoms with van der Waals surface area (Å²) in [5.41, 5.74) is 6.95. The summed E-state index contributed by atoms with van der Waals surface area (Å²) >= 11 is 12.0. The fourth-order valence-corrected chi connectivity index (χ4v) is 2.32. The van der Waals surface area contributed by atoms with Crippen LogP contribution in [-0.4, -0.2) is 33.4 Å². The van der Waals surface area contributed by atoms with Gasteiger partial charge < -0.3 is 10.5 Å². The van der Waals surface area contributed by atoms with Crippen LogP contribution in [0.4, 0.5) is 5.69 Å². The summed E-state index contributed by atoms with van der Waals surface area (Å²) in [4.78, 5) is 0. The molecule has 0 bridgehead atoms. The molecule has 0 aliphatic heterocycles. The first-order valence-electron chi connectivity index (χ1n) is 6.74. The van der Waals surface area contributed by atoms with Gasteiger partial charge in [-0.2, -0.15) is 0 Å². The van der Waals surface area contributed by atoms with E-state index in [1.807, 2.05) is 0 Å². The number of ether oxygens (including phenoxy) is 1. The highest BCUT2D eigenvalue weighted by molar-refractivity contribution is 6.43. The summed E-state index contributed by atoms with van der Waals surface area (Å²) in [6.07, 6.45) is 2.55. The maximum absolute atomic E-state index is 6.04. The average Bonchev–Trinajstić information content (AvgIpc) is 3.17. The molecule has 112 valence electrons. The van der Waals surface area contributed by atoms with Gasteiger partial charge in [-0.15, -0.1) is 5.10 Å². The number of nitrogens with zero attached hydrogens (tertiary/aromatic N) is 4. The van der Waals surface area contributed by atoms with Crippen molar-refractivity contribution in [3.8, 4) is 11.4 Å². The van der Waals surface area contributed by atoms with E-state index in [2.05, 4.69) is 15.5 Å². The first-order chi connectivity index (χ1) is 10.1.